The van der Waals surface area contributed by atoms with E-state index in [2.05, 4.69) is 31.2 Å². The minimum atomic E-state index is 0.568. The summed E-state index contributed by atoms with van der Waals surface area (Å²) in [4.78, 5) is 8.49. The standard InChI is InChI=1S/C12H12BrN3O/c1-8-11(13)7-14-12(15-8)16-9-4-3-5-10(6-9)17-2/h3-7H,1-2H3,(H,14,15,16). The van der Waals surface area contributed by atoms with Crippen molar-refractivity contribution in [3.8, 4) is 5.75 Å². The number of aromatic nitrogens is 2. The number of aryl methyl sites for hydroxylation is 1. The molecule has 0 saturated carbocycles. The van der Waals surface area contributed by atoms with Crippen LogP contribution >= 0.6 is 15.9 Å². The fraction of sp³-hybridized carbons (Fsp3) is 0.167. The SMILES string of the molecule is COc1cccc(Nc2ncc(Br)c(C)n2)c1. The zero-order valence-corrected chi connectivity index (χ0v) is 11.2. The Labute approximate surface area is 108 Å². The number of methoxy groups -OCH3 is 1. The molecular weight excluding hydrogens is 282 g/mol. The molecule has 17 heavy (non-hydrogen) atoms. The van der Waals surface area contributed by atoms with E-state index in [1.54, 1.807) is 13.3 Å². The van der Waals surface area contributed by atoms with Crippen molar-refractivity contribution in [1.29, 1.82) is 0 Å². The molecule has 0 spiro atoms. The van der Waals surface area contributed by atoms with E-state index in [1.807, 2.05) is 31.2 Å². The van der Waals surface area contributed by atoms with Crippen LogP contribution in [0.15, 0.2) is 34.9 Å². The molecule has 1 N–H and O–H groups in total. The summed E-state index contributed by atoms with van der Waals surface area (Å²) in [6.07, 6.45) is 1.73. The molecule has 0 amide bonds. The van der Waals surface area contributed by atoms with Crippen LogP contribution in [0.2, 0.25) is 0 Å². The summed E-state index contributed by atoms with van der Waals surface area (Å²) >= 11 is 3.36. The van der Waals surface area contributed by atoms with Crippen molar-refractivity contribution in [2.75, 3.05) is 12.4 Å². The second kappa shape index (κ2) is 5.14. The first-order chi connectivity index (χ1) is 8.19. The summed E-state index contributed by atoms with van der Waals surface area (Å²) in [7, 11) is 1.64. The summed E-state index contributed by atoms with van der Waals surface area (Å²) in [5.74, 6) is 1.36. The average molecular weight is 294 g/mol. The van der Waals surface area contributed by atoms with Crippen LogP contribution in [0, 0.1) is 6.92 Å². The van der Waals surface area contributed by atoms with Crippen molar-refractivity contribution < 1.29 is 4.74 Å². The predicted octanol–water partition coefficient (Wildman–Crippen LogP) is 3.30. The Bertz CT molecular complexity index is 531. The van der Waals surface area contributed by atoms with Gasteiger partial charge in [0.1, 0.15) is 5.75 Å². The molecule has 0 unspecified atom stereocenters. The number of benzene rings is 1. The summed E-state index contributed by atoms with van der Waals surface area (Å²) < 4.78 is 6.04. The molecule has 1 heterocycles. The van der Waals surface area contributed by atoms with Gasteiger partial charge in [0.25, 0.3) is 0 Å². The van der Waals surface area contributed by atoms with Gasteiger partial charge in [-0.15, -0.1) is 0 Å². The molecule has 0 saturated heterocycles. The number of rotatable bonds is 3. The molecule has 4 nitrogen and oxygen atoms in total. The maximum atomic E-state index is 5.15. The van der Waals surface area contributed by atoms with E-state index in [0.29, 0.717) is 5.95 Å². The molecule has 0 aliphatic rings. The third-order valence-electron chi connectivity index (χ3n) is 2.25. The maximum Gasteiger partial charge on any atom is 0.227 e. The fourth-order valence-corrected chi connectivity index (χ4v) is 1.53. The number of nitrogens with zero attached hydrogens (tertiary/aromatic N) is 2. The lowest BCUT2D eigenvalue weighted by Gasteiger charge is -2.07. The average Bonchev–Trinajstić information content (AvgIpc) is 2.34. The molecule has 0 aliphatic heterocycles. The molecule has 1 aromatic carbocycles. The van der Waals surface area contributed by atoms with Crippen LogP contribution in [0.25, 0.3) is 0 Å². The molecule has 2 aromatic rings. The third kappa shape index (κ3) is 2.94. The van der Waals surface area contributed by atoms with Crippen LogP contribution in [0.3, 0.4) is 0 Å². The number of nitrogens with one attached hydrogen (secondary N) is 1. The van der Waals surface area contributed by atoms with Gasteiger partial charge < -0.3 is 10.1 Å². The summed E-state index contributed by atoms with van der Waals surface area (Å²) in [5, 5.41) is 3.12. The molecule has 0 aliphatic carbocycles. The predicted molar refractivity (Wildman–Crippen MR) is 70.7 cm³/mol. The lowest BCUT2D eigenvalue weighted by atomic mass is 10.3. The zero-order valence-electron chi connectivity index (χ0n) is 9.57. The van der Waals surface area contributed by atoms with Gasteiger partial charge in [-0.3, -0.25) is 0 Å². The van der Waals surface area contributed by atoms with Crippen molar-refractivity contribution in [3.05, 3.63) is 40.6 Å². The van der Waals surface area contributed by atoms with E-state index < -0.39 is 0 Å². The largest absolute Gasteiger partial charge is 0.497 e. The maximum absolute atomic E-state index is 5.15. The lowest BCUT2D eigenvalue weighted by molar-refractivity contribution is 0.415. The van der Waals surface area contributed by atoms with Gasteiger partial charge in [0.15, 0.2) is 0 Å². The molecule has 0 bridgehead atoms. The minimum absolute atomic E-state index is 0.568. The Balaban J connectivity index is 2.22. The van der Waals surface area contributed by atoms with Crippen LogP contribution in [0.1, 0.15) is 5.69 Å². The molecule has 0 radical (unpaired) electrons. The van der Waals surface area contributed by atoms with Gasteiger partial charge in [0.05, 0.1) is 17.3 Å². The number of ether oxygens (including phenoxy) is 1. The van der Waals surface area contributed by atoms with Crippen LogP contribution in [-0.2, 0) is 0 Å². The van der Waals surface area contributed by atoms with Crippen LogP contribution in [0.5, 0.6) is 5.75 Å². The fourth-order valence-electron chi connectivity index (χ4n) is 1.34. The van der Waals surface area contributed by atoms with E-state index >= 15 is 0 Å². The van der Waals surface area contributed by atoms with Crippen molar-refractivity contribution in [2.45, 2.75) is 6.92 Å². The van der Waals surface area contributed by atoms with Crippen molar-refractivity contribution in [3.63, 3.8) is 0 Å². The topological polar surface area (TPSA) is 47.0 Å². The highest BCUT2D eigenvalue weighted by Crippen LogP contribution is 2.20. The highest BCUT2D eigenvalue weighted by Gasteiger charge is 2.02. The molecular formula is C12H12BrN3O. The van der Waals surface area contributed by atoms with Crippen molar-refractivity contribution in [1.82, 2.24) is 9.97 Å². The lowest BCUT2D eigenvalue weighted by Crippen LogP contribution is -1.98. The van der Waals surface area contributed by atoms with Gasteiger partial charge in [-0.1, -0.05) is 6.07 Å². The monoisotopic (exact) mass is 293 g/mol. The number of halogens is 1. The molecule has 5 heteroatoms. The van der Waals surface area contributed by atoms with Crippen LogP contribution < -0.4 is 10.1 Å². The van der Waals surface area contributed by atoms with E-state index in [-0.39, 0.29) is 0 Å². The number of anilines is 2. The van der Waals surface area contributed by atoms with E-state index in [9.17, 15) is 0 Å². The summed E-state index contributed by atoms with van der Waals surface area (Å²) in [6.45, 7) is 1.92. The van der Waals surface area contributed by atoms with Gasteiger partial charge in [-0.2, -0.15) is 0 Å². The smallest absolute Gasteiger partial charge is 0.227 e. The van der Waals surface area contributed by atoms with Gasteiger partial charge in [0, 0.05) is 18.0 Å². The number of hydrogen-bond donors (Lipinski definition) is 1. The van der Waals surface area contributed by atoms with Gasteiger partial charge >= 0.3 is 0 Å². The first-order valence-corrected chi connectivity index (χ1v) is 5.88. The summed E-state index contributed by atoms with van der Waals surface area (Å²) in [5.41, 5.74) is 1.79. The van der Waals surface area contributed by atoms with Gasteiger partial charge in [0.2, 0.25) is 5.95 Å². The Morgan fingerprint density at radius 3 is 2.88 bits per heavy atom. The van der Waals surface area contributed by atoms with Crippen molar-refractivity contribution in [2.24, 2.45) is 0 Å². The van der Waals surface area contributed by atoms with E-state index in [4.69, 9.17) is 4.74 Å². The van der Waals surface area contributed by atoms with Gasteiger partial charge in [-0.05, 0) is 35.0 Å². The minimum Gasteiger partial charge on any atom is -0.497 e. The molecule has 2 rings (SSSR count). The Morgan fingerprint density at radius 2 is 2.18 bits per heavy atom. The normalized spacial score (nSPS) is 10.1. The van der Waals surface area contributed by atoms with Crippen LogP contribution in [-0.4, -0.2) is 17.1 Å². The molecule has 88 valence electrons. The second-order valence-corrected chi connectivity index (χ2v) is 4.34. The quantitative estimate of drug-likeness (QED) is 0.943. The number of hydrogen-bond acceptors (Lipinski definition) is 4. The Kier molecular flexibility index (Phi) is 3.58. The molecule has 0 atom stereocenters. The zero-order chi connectivity index (χ0) is 12.3. The molecule has 1 aromatic heterocycles. The second-order valence-electron chi connectivity index (χ2n) is 3.48. The first-order valence-electron chi connectivity index (χ1n) is 5.09. The van der Waals surface area contributed by atoms with E-state index in [0.717, 1.165) is 21.6 Å². The van der Waals surface area contributed by atoms with Gasteiger partial charge in [-0.25, -0.2) is 9.97 Å². The Morgan fingerprint density at radius 1 is 1.35 bits per heavy atom. The first kappa shape index (κ1) is 11.9. The Hall–Kier alpha value is -1.62. The highest BCUT2D eigenvalue weighted by molar-refractivity contribution is 9.10. The third-order valence-corrected chi connectivity index (χ3v) is 3.02. The highest BCUT2D eigenvalue weighted by atomic mass is 79.9. The van der Waals surface area contributed by atoms with Crippen LogP contribution in [0.4, 0.5) is 11.6 Å². The van der Waals surface area contributed by atoms with E-state index in [1.165, 1.54) is 0 Å². The molecule has 0 fully saturated rings. The summed E-state index contributed by atoms with van der Waals surface area (Å²) in [6, 6.07) is 7.62. The van der Waals surface area contributed by atoms with Crippen molar-refractivity contribution >= 4 is 27.6 Å².